The normalized spacial score (nSPS) is 17.4. The molecule has 3 rings (SSSR count). The number of fused-ring (bicyclic) bond motifs is 1. The second kappa shape index (κ2) is 5.38. The number of rotatable bonds is 3. The summed E-state index contributed by atoms with van der Waals surface area (Å²) in [6.45, 7) is 0.653. The van der Waals surface area contributed by atoms with E-state index in [2.05, 4.69) is 28.1 Å². The lowest BCUT2D eigenvalue weighted by Crippen LogP contribution is -2.33. The Hall–Kier alpha value is -1.65. The van der Waals surface area contributed by atoms with Gasteiger partial charge in [-0.3, -0.25) is 4.79 Å². The summed E-state index contributed by atoms with van der Waals surface area (Å²) in [6.07, 6.45) is 0.825. The molecule has 1 heterocycles. The van der Waals surface area contributed by atoms with Crippen LogP contribution < -0.4 is 10.6 Å². The summed E-state index contributed by atoms with van der Waals surface area (Å²) in [5, 5.41) is 0. The molecule has 102 valence electrons. The summed E-state index contributed by atoms with van der Waals surface area (Å²) in [5.74, 6) is -0.0194. The molecule has 2 aromatic carbocycles. The monoisotopic (exact) mass is 330 g/mol. The molecular weight excluding hydrogens is 316 g/mol. The molecule has 0 aromatic heterocycles. The number of benzene rings is 2. The smallest absolute Gasteiger partial charge is 0.248 e. The Bertz CT molecular complexity index is 642. The fraction of sp³-hybridized carbons (Fsp3) is 0.188. The highest BCUT2D eigenvalue weighted by Crippen LogP contribution is 2.36. The van der Waals surface area contributed by atoms with Crippen molar-refractivity contribution >= 4 is 27.5 Å². The van der Waals surface area contributed by atoms with Crippen molar-refractivity contribution in [3.63, 3.8) is 0 Å². The minimum atomic E-state index is -0.533. The van der Waals surface area contributed by atoms with Crippen LogP contribution in [0.15, 0.2) is 53.0 Å². The number of halogens is 1. The first kappa shape index (κ1) is 13.3. The van der Waals surface area contributed by atoms with Crippen molar-refractivity contribution in [3.05, 3.63) is 64.1 Å². The third kappa shape index (κ3) is 2.37. The Balaban J connectivity index is 1.84. The van der Waals surface area contributed by atoms with Gasteiger partial charge in [0.2, 0.25) is 5.91 Å². The Morgan fingerprint density at radius 3 is 2.65 bits per heavy atom. The number of amides is 1. The maximum Gasteiger partial charge on any atom is 0.248 e. The lowest BCUT2D eigenvalue weighted by atomic mass is 10.1. The van der Waals surface area contributed by atoms with Crippen LogP contribution in [0.1, 0.15) is 17.2 Å². The van der Waals surface area contributed by atoms with Crippen molar-refractivity contribution in [1.82, 2.24) is 0 Å². The molecule has 0 spiro atoms. The van der Waals surface area contributed by atoms with E-state index in [1.807, 2.05) is 36.4 Å². The van der Waals surface area contributed by atoms with E-state index in [0.29, 0.717) is 6.54 Å². The summed E-state index contributed by atoms with van der Waals surface area (Å²) < 4.78 is 0.961. The van der Waals surface area contributed by atoms with Gasteiger partial charge in [0.05, 0.1) is 5.69 Å². The number of anilines is 1. The molecule has 3 nitrogen and oxygen atoms in total. The van der Waals surface area contributed by atoms with Crippen molar-refractivity contribution < 1.29 is 4.79 Å². The fourth-order valence-corrected chi connectivity index (χ4v) is 2.90. The summed E-state index contributed by atoms with van der Waals surface area (Å²) in [7, 11) is 0. The van der Waals surface area contributed by atoms with Gasteiger partial charge in [-0.1, -0.05) is 52.3 Å². The largest absolute Gasteiger partial charge is 0.316 e. The number of nitrogens with two attached hydrogens (primary N) is 1. The molecule has 1 amide bonds. The molecule has 1 atom stereocenters. The quantitative estimate of drug-likeness (QED) is 0.940. The number of nitrogens with zero attached hydrogens (tertiary/aromatic N) is 1. The van der Waals surface area contributed by atoms with Gasteiger partial charge >= 0.3 is 0 Å². The van der Waals surface area contributed by atoms with E-state index >= 15 is 0 Å². The average molecular weight is 331 g/mol. The van der Waals surface area contributed by atoms with Gasteiger partial charge in [-0.05, 0) is 24.1 Å². The van der Waals surface area contributed by atoms with Gasteiger partial charge in [0.1, 0.15) is 6.04 Å². The number of hydrogen-bond acceptors (Lipinski definition) is 2. The van der Waals surface area contributed by atoms with Crippen molar-refractivity contribution in [2.45, 2.75) is 12.5 Å². The maximum atomic E-state index is 12.3. The first-order valence-corrected chi connectivity index (χ1v) is 7.36. The summed E-state index contributed by atoms with van der Waals surface area (Å²) in [6, 6.07) is 15.4. The second-order valence-electron chi connectivity index (χ2n) is 4.91. The van der Waals surface area contributed by atoms with E-state index in [4.69, 9.17) is 5.73 Å². The predicted octanol–water partition coefficient (Wildman–Crippen LogP) is 3.04. The first-order valence-electron chi connectivity index (χ1n) is 6.57. The zero-order chi connectivity index (χ0) is 14.1. The van der Waals surface area contributed by atoms with E-state index in [0.717, 1.165) is 22.1 Å². The molecule has 0 fully saturated rings. The molecule has 1 aliphatic rings. The zero-order valence-corrected chi connectivity index (χ0v) is 12.5. The predicted molar refractivity (Wildman–Crippen MR) is 83.6 cm³/mol. The van der Waals surface area contributed by atoms with Crippen LogP contribution in [-0.4, -0.2) is 12.5 Å². The molecule has 2 N–H and O–H groups in total. The highest BCUT2D eigenvalue weighted by atomic mass is 79.9. The van der Waals surface area contributed by atoms with E-state index in [9.17, 15) is 4.79 Å². The summed E-state index contributed by atoms with van der Waals surface area (Å²) in [5.41, 5.74) is 9.04. The summed E-state index contributed by atoms with van der Waals surface area (Å²) in [4.78, 5) is 14.1. The van der Waals surface area contributed by atoms with Crippen LogP contribution >= 0.6 is 15.9 Å². The lowest BCUT2D eigenvalue weighted by molar-refractivity contribution is -0.119. The SMILES string of the molecule is NC1C(=O)N(CCc2ccccc2)c2cc(Br)ccc21. The molecule has 0 aliphatic carbocycles. The Morgan fingerprint density at radius 2 is 1.90 bits per heavy atom. The lowest BCUT2D eigenvalue weighted by Gasteiger charge is -2.17. The Labute approximate surface area is 126 Å². The maximum absolute atomic E-state index is 12.3. The van der Waals surface area contributed by atoms with Gasteiger partial charge in [0.15, 0.2) is 0 Å². The number of hydrogen-bond donors (Lipinski definition) is 1. The number of carbonyl (C=O) groups excluding carboxylic acids is 1. The van der Waals surface area contributed by atoms with Gasteiger partial charge in [0.25, 0.3) is 0 Å². The van der Waals surface area contributed by atoms with Gasteiger partial charge in [-0.2, -0.15) is 0 Å². The van der Waals surface area contributed by atoms with E-state index in [1.54, 1.807) is 4.90 Å². The molecule has 1 unspecified atom stereocenters. The van der Waals surface area contributed by atoms with Crippen molar-refractivity contribution in [1.29, 1.82) is 0 Å². The standard InChI is InChI=1S/C16H15BrN2O/c17-12-6-7-13-14(10-12)19(16(20)15(13)18)9-8-11-4-2-1-3-5-11/h1-7,10,15H,8-9,18H2. The summed E-state index contributed by atoms with van der Waals surface area (Å²) >= 11 is 3.45. The van der Waals surface area contributed by atoms with Gasteiger partial charge in [-0.15, -0.1) is 0 Å². The molecule has 0 bridgehead atoms. The second-order valence-corrected chi connectivity index (χ2v) is 5.82. The van der Waals surface area contributed by atoms with Crippen molar-refractivity contribution in [2.24, 2.45) is 5.73 Å². The molecule has 0 radical (unpaired) electrons. The molecule has 20 heavy (non-hydrogen) atoms. The molecular formula is C16H15BrN2O. The van der Waals surface area contributed by atoms with Crippen LogP contribution in [0, 0.1) is 0 Å². The Kier molecular flexibility index (Phi) is 3.59. The first-order chi connectivity index (χ1) is 9.66. The Morgan fingerprint density at radius 1 is 1.15 bits per heavy atom. The van der Waals surface area contributed by atoms with Crippen LogP contribution in [0.25, 0.3) is 0 Å². The van der Waals surface area contributed by atoms with Gasteiger partial charge in [0, 0.05) is 16.6 Å². The minimum absolute atomic E-state index is 0.0194. The topological polar surface area (TPSA) is 46.3 Å². The van der Waals surface area contributed by atoms with Crippen LogP contribution in [0.3, 0.4) is 0 Å². The molecule has 1 aliphatic heterocycles. The average Bonchev–Trinajstić information content (AvgIpc) is 2.70. The van der Waals surface area contributed by atoms with Crippen LogP contribution in [0.4, 0.5) is 5.69 Å². The number of carbonyl (C=O) groups is 1. The third-order valence-electron chi connectivity index (χ3n) is 3.62. The van der Waals surface area contributed by atoms with E-state index in [-0.39, 0.29) is 5.91 Å². The zero-order valence-electron chi connectivity index (χ0n) is 10.9. The van der Waals surface area contributed by atoms with E-state index < -0.39 is 6.04 Å². The third-order valence-corrected chi connectivity index (χ3v) is 4.11. The van der Waals surface area contributed by atoms with E-state index in [1.165, 1.54) is 5.56 Å². The van der Waals surface area contributed by atoms with Crippen LogP contribution in [0.5, 0.6) is 0 Å². The highest BCUT2D eigenvalue weighted by Gasteiger charge is 2.34. The van der Waals surface area contributed by atoms with Gasteiger partial charge in [-0.25, -0.2) is 0 Å². The van der Waals surface area contributed by atoms with Crippen LogP contribution in [-0.2, 0) is 11.2 Å². The fourth-order valence-electron chi connectivity index (χ4n) is 2.55. The van der Waals surface area contributed by atoms with Gasteiger partial charge < -0.3 is 10.6 Å². The van der Waals surface area contributed by atoms with Crippen LogP contribution in [0.2, 0.25) is 0 Å². The van der Waals surface area contributed by atoms with Crippen molar-refractivity contribution in [3.8, 4) is 0 Å². The minimum Gasteiger partial charge on any atom is -0.316 e. The highest BCUT2D eigenvalue weighted by molar-refractivity contribution is 9.10. The molecule has 4 heteroatoms. The molecule has 2 aromatic rings. The molecule has 0 saturated carbocycles. The molecule has 0 saturated heterocycles. The van der Waals surface area contributed by atoms with Crippen molar-refractivity contribution in [2.75, 3.05) is 11.4 Å².